The number of nitro benzene ring substituents is 1. The summed E-state index contributed by atoms with van der Waals surface area (Å²) in [6.45, 7) is 3.92. The van der Waals surface area contributed by atoms with Crippen molar-refractivity contribution in [2.75, 3.05) is 47.8 Å². The standard InChI is InChI=1S/C17H18BrN5O2/c18-12-1-4-16(20-11-12)21-7-9-22(10-8-21)17-13-5-6-19-14(13)2-3-15(17)23(24)25/h1-4,11,19H,5-10H2. The number of pyridine rings is 1. The van der Waals surface area contributed by atoms with Crippen LogP contribution in [-0.4, -0.2) is 42.6 Å². The summed E-state index contributed by atoms with van der Waals surface area (Å²) in [5.41, 5.74) is 3.09. The topological polar surface area (TPSA) is 74.5 Å². The van der Waals surface area contributed by atoms with E-state index in [1.54, 1.807) is 12.3 Å². The molecule has 1 saturated heterocycles. The number of nitrogens with zero attached hydrogens (tertiary/aromatic N) is 4. The van der Waals surface area contributed by atoms with E-state index in [0.29, 0.717) is 0 Å². The zero-order valence-electron chi connectivity index (χ0n) is 13.6. The molecule has 2 aliphatic heterocycles. The van der Waals surface area contributed by atoms with Crippen LogP contribution in [0, 0.1) is 10.1 Å². The molecule has 1 aromatic carbocycles. The number of fused-ring (bicyclic) bond motifs is 1. The van der Waals surface area contributed by atoms with E-state index in [1.807, 2.05) is 18.2 Å². The fourth-order valence-electron chi connectivity index (χ4n) is 3.58. The Labute approximate surface area is 153 Å². The van der Waals surface area contributed by atoms with E-state index >= 15 is 0 Å². The average molecular weight is 404 g/mol. The molecule has 130 valence electrons. The number of benzene rings is 1. The van der Waals surface area contributed by atoms with Gasteiger partial charge in [0.1, 0.15) is 11.5 Å². The molecule has 25 heavy (non-hydrogen) atoms. The largest absolute Gasteiger partial charge is 0.384 e. The van der Waals surface area contributed by atoms with Crippen LogP contribution in [0.1, 0.15) is 5.56 Å². The van der Waals surface area contributed by atoms with Crippen molar-refractivity contribution in [1.29, 1.82) is 0 Å². The van der Waals surface area contributed by atoms with Crippen molar-refractivity contribution in [3.8, 4) is 0 Å². The number of hydrogen-bond donors (Lipinski definition) is 1. The van der Waals surface area contributed by atoms with Crippen molar-refractivity contribution in [2.24, 2.45) is 0 Å². The lowest BCUT2D eigenvalue weighted by Gasteiger charge is -2.37. The molecule has 0 amide bonds. The molecule has 1 N–H and O–H groups in total. The van der Waals surface area contributed by atoms with Gasteiger partial charge in [0.25, 0.3) is 5.69 Å². The number of hydrogen-bond acceptors (Lipinski definition) is 6. The predicted molar refractivity (Wildman–Crippen MR) is 102 cm³/mol. The van der Waals surface area contributed by atoms with Gasteiger partial charge in [0.15, 0.2) is 0 Å². The second-order valence-electron chi connectivity index (χ2n) is 6.20. The van der Waals surface area contributed by atoms with E-state index in [-0.39, 0.29) is 10.6 Å². The highest BCUT2D eigenvalue weighted by atomic mass is 79.9. The Morgan fingerprint density at radius 1 is 1.12 bits per heavy atom. The van der Waals surface area contributed by atoms with E-state index in [1.165, 1.54) is 0 Å². The number of nitro groups is 1. The molecule has 0 unspecified atom stereocenters. The van der Waals surface area contributed by atoms with Gasteiger partial charge in [-0.25, -0.2) is 4.98 Å². The summed E-state index contributed by atoms with van der Waals surface area (Å²) in [7, 11) is 0. The van der Waals surface area contributed by atoms with Crippen LogP contribution in [0.3, 0.4) is 0 Å². The lowest BCUT2D eigenvalue weighted by atomic mass is 10.1. The van der Waals surface area contributed by atoms with Crippen LogP contribution in [0.25, 0.3) is 0 Å². The highest BCUT2D eigenvalue weighted by Crippen LogP contribution is 2.40. The molecule has 3 heterocycles. The van der Waals surface area contributed by atoms with Crippen LogP contribution in [0.4, 0.5) is 22.9 Å². The first-order valence-electron chi connectivity index (χ1n) is 8.29. The Bertz CT molecular complexity index is 803. The van der Waals surface area contributed by atoms with E-state index in [2.05, 4.69) is 36.0 Å². The molecule has 8 heteroatoms. The van der Waals surface area contributed by atoms with Gasteiger partial charge in [0.2, 0.25) is 0 Å². The first-order valence-corrected chi connectivity index (χ1v) is 9.08. The maximum atomic E-state index is 11.5. The lowest BCUT2D eigenvalue weighted by Crippen LogP contribution is -2.47. The van der Waals surface area contributed by atoms with Gasteiger partial charge in [0, 0.05) is 60.7 Å². The first-order chi connectivity index (χ1) is 12.1. The summed E-state index contributed by atoms with van der Waals surface area (Å²) in [6, 6.07) is 7.42. The van der Waals surface area contributed by atoms with Crippen molar-refractivity contribution < 1.29 is 4.92 Å². The SMILES string of the molecule is O=[N+]([O-])c1ccc2c(c1N1CCN(c3ccc(Br)cn3)CC1)CCN2. The van der Waals surface area contributed by atoms with Crippen molar-refractivity contribution in [1.82, 2.24) is 4.98 Å². The Morgan fingerprint density at radius 2 is 1.88 bits per heavy atom. The predicted octanol–water partition coefficient (Wildman–Crippen LogP) is 3.05. The van der Waals surface area contributed by atoms with E-state index in [9.17, 15) is 10.1 Å². The zero-order chi connectivity index (χ0) is 17.4. The molecule has 0 aliphatic carbocycles. The van der Waals surface area contributed by atoms with Crippen molar-refractivity contribution in [3.05, 3.63) is 50.6 Å². The van der Waals surface area contributed by atoms with Crippen LogP contribution < -0.4 is 15.1 Å². The minimum atomic E-state index is -0.267. The number of piperazine rings is 1. The van der Waals surface area contributed by atoms with Crippen molar-refractivity contribution in [2.45, 2.75) is 6.42 Å². The van der Waals surface area contributed by atoms with Gasteiger partial charge in [0.05, 0.1) is 4.92 Å². The van der Waals surface area contributed by atoms with Crippen molar-refractivity contribution in [3.63, 3.8) is 0 Å². The summed E-state index contributed by atoms with van der Waals surface area (Å²) < 4.78 is 0.956. The fourth-order valence-corrected chi connectivity index (χ4v) is 3.81. The number of nitrogens with one attached hydrogen (secondary N) is 1. The van der Waals surface area contributed by atoms with E-state index in [0.717, 1.165) is 66.4 Å². The molecule has 4 rings (SSSR count). The minimum absolute atomic E-state index is 0.206. The molecule has 2 aromatic rings. The van der Waals surface area contributed by atoms with Gasteiger partial charge in [-0.2, -0.15) is 0 Å². The molecule has 0 atom stereocenters. The second-order valence-corrected chi connectivity index (χ2v) is 7.12. The molecule has 2 aliphatic rings. The molecular weight excluding hydrogens is 386 g/mol. The summed E-state index contributed by atoms with van der Waals surface area (Å²) in [6.07, 6.45) is 2.63. The highest BCUT2D eigenvalue weighted by Gasteiger charge is 2.30. The Balaban J connectivity index is 1.58. The first kappa shape index (κ1) is 16.1. The molecule has 1 aromatic heterocycles. The third-order valence-corrected chi connectivity index (χ3v) is 5.25. The second kappa shape index (κ2) is 6.51. The summed E-state index contributed by atoms with van der Waals surface area (Å²) in [5.74, 6) is 0.942. The van der Waals surface area contributed by atoms with Gasteiger partial charge >= 0.3 is 0 Å². The van der Waals surface area contributed by atoms with Crippen LogP contribution in [0.5, 0.6) is 0 Å². The van der Waals surface area contributed by atoms with E-state index in [4.69, 9.17) is 0 Å². The molecule has 0 bridgehead atoms. The van der Waals surface area contributed by atoms with Crippen LogP contribution in [-0.2, 0) is 6.42 Å². The smallest absolute Gasteiger partial charge is 0.292 e. The van der Waals surface area contributed by atoms with Gasteiger partial charge < -0.3 is 15.1 Å². The molecule has 7 nitrogen and oxygen atoms in total. The van der Waals surface area contributed by atoms with Crippen molar-refractivity contribution >= 4 is 38.8 Å². The number of aromatic nitrogens is 1. The Hall–Kier alpha value is -2.35. The highest BCUT2D eigenvalue weighted by molar-refractivity contribution is 9.10. The Morgan fingerprint density at radius 3 is 2.56 bits per heavy atom. The number of anilines is 3. The van der Waals surface area contributed by atoms with E-state index < -0.39 is 0 Å². The van der Waals surface area contributed by atoms with Gasteiger partial charge in [-0.1, -0.05) is 0 Å². The zero-order valence-corrected chi connectivity index (χ0v) is 15.2. The van der Waals surface area contributed by atoms with Crippen LogP contribution >= 0.6 is 15.9 Å². The van der Waals surface area contributed by atoms with Gasteiger partial charge in [-0.3, -0.25) is 10.1 Å². The molecule has 0 saturated carbocycles. The minimum Gasteiger partial charge on any atom is -0.384 e. The van der Waals surface area contributed by atoms with Crippen LogP contribution in [0.15, 0.2) is 34.9 Å². The summed E-state index contributed by atoms with van der Waals surface area (Å²) >= 11 is 3.40. The quantitative estimate of drug-likeness (QED) is 0.626. The molecule has 0 spiro atoms. The van der Waals surface area contributed by atoms with Gasteiger partial charge in [-0.05, 0) is 40.5 Å². The monoisotopic (exact) mass is 403 g/mol. The number of rotatable bonds is 3. The third-order valence-electron chi connectivity index (χ3n) is 4.78. The third kappa shape index (κ3) is 3.02. The normalized spacial score (nSPS) is 16.5. The maximum absolute atomic E-state index is 11.5. The lowest BCUT2D eigenvalue weighted by molar-refractivity contribution is -0.384. The molecule has 1 fully saturated rings. The van der Waals surface area contributed by atoms with Crippen LogP contribution in [0.2, 0.25) is 0 Å². The molecule has 0 radical (unpaired) electrons. The van der Waals surface area contributed by atoms with Gasteiger partial charge in [-0.15, -0.1) is 0 Å². The maximum Gasteiger partial charge on any atom is 0.292 e. The Kier molecular flexibility index (Phi) is 4.20. The molecular formula is C17H18BrN5O2. The average Bonchev–Trinajstić information content (AvgIpc) is 3.10. The fraction of sp³-hybridized carbons (Fsp3) is 0.353. The summed E-state index contributed by atoms with van der Waals surface area (Å²) in [4.78, 5) is 20.1. The summed E-state index contributed by atoms with van der Waals surface area (Å²) in [5, 5.41) is 14.8. The number of halogens is 1.